The molecular weight excluding hydrogens is 1380 g/mol. The van der Waals surface area contributed by atoms with Crippen molar-refractivity contribution in [2.75, 3.05) is 39.6 Å². The monoisotopic (exact) mass is 1520 g/mol. The summed E-state index contributed by atoms with van der Waals surface area (Å²) in [5, 5.41) is 10.6. The van der Waals surface area contributed by atoms with Crippen LogP contribution >= 0.6 is 15.6 Å². The topological polar surface area (TPSA) is 237 Å². The van der Waals surface area contributed by atoms with Crippen LogP contribution in [0.2, 0.25) is 0 Å². The summed E-state index contributed by atoms with van der Waals surface area (Å²) in [6.45, 7) is 4.40. The molecule has 0 aromatic rings. The van der Waals surface area contributed by atoms with Crippen molar-refractivity contribution in [3.05, 3.63) is 170 Å². The molecule has 5 unspecified atom stereocenters. The van der Waals surface area contributed by atoms with Crippen LogP contribution in [0.1, 0.15) is 297 Å². The van der Waals surface area contributed by atoms with Gasteiger partial charge < -0.3 is 33.8 Å². The number of phosphoric acid groups is 2. The summed E-state index contributed by atoms with van der Waals surface area (Å²) in [4.78, 5) is 73.1. The highest BCUT2D eigenvalue weighted by Crippen LogP contribution is 2.45. The summed E-state index contributed by atoms with van der Waals surface area (Å²) < 4.78 is 68.6. The highest BCUT2D eigenvalue weighted by Gasteiger charge is 2.30. The van der Waals surface area contributed by atoms with Crippen LogP contribution in [0, 0.1) is 0 Å². The van der Waals surface area contributed by atoms with E-state index in [-0.39, 0.29) is 25.7 Å². The Hall–Kier alpha value is -5.58. The van der Waals surface area contributed by atoms with Gasteiger partial charge in [0, 0.05) is 25.7 Å². The molecule has 106 heavy (non-hydrogen) atoms. The zero-order valence-corrected chi connectivity index (χ0v) is 67.6. The number of hydrogen-bond donors (Lipinski definition) is 3. The molecule has 3 N–H and O–H groups in total. The Morgan fingerprint density at radius 3 is 0.792 bits per heavy atom. The van der Waals surface area contributed by atoms with E-state index in [1.54, 1.807) is 0 Å². The van der Waals surface area contributed by atoms with Gasteiger partial charge in [-0.25, -0.2) is 9.13 Å². The highest BCUT2D eigenvalue weighted by molar-refractivity contribution is 7.47. The lowest BCUT2D eigenvalue weighted by Crippen LogP contribution is -2.30. The molecule has 0 radical (unpaired) electrons. The number of unbranched alkanes of at least 4 members (excludes halogenated alkanes) is 20. The fourth-order valence-electron chi connectivity index (χ4n) is 10.1. The Balaban J connectivity index is 5.44. The van der Waals surface area contributed by atoms with Crippen LogP contribution in [0.15, 0.2) is 170 Å². The molecule has 0 heterocycles. The van der Waals surface area contributed by atoms with E-state index in [0.717, 1.165) is 186 Å². The van der Waals surface area contributed by atoms with Gasteiger partial charge in [0.15, 0.2) is 12.2 Å². The molecule has 0 rings (SSSR count). The predicted octanol–water partition coefficient (Wildman–Crippen LogP) is 23.8. The van der Waals surface area contributed by atoms with Crippen molar-refractivity contribution < 1.29 is 80.2 Å². The van der Waals surface area contributed by atoms with Crippen molar-refractivity contribution in [1.82, 2.24) is 0 Å². The van der Waals surface area contributed by atoms with Crippen molar-refractivity contribution in [1.29, 1.82) is 0 Å². The molecule has 19 heteroatoms. The standard InChI is InChI=1S/C87H142O17P2/c1-5-9-13-17-21-25-29-33-36-38-40-42-45-48-51-55-59-63-67-71-84(89)97-77-82(103-86(91)73-69-65-61-57-53-47-32-28-24-20-16-12-8-4)79-101-105(93,94)99-75-81(88)76-100-106(95,96)102-80-83(104-87(92)74-70-66-62-58-54-50-44-35-31-27-23-19-15-11-7-3)78-98-85(90)72-68-64-60-56-52-49-46-43-41-39-37-34-30-26-22-18-14-10-6-2/h9-11,13-15,21-23,25-28,32-37,40-44,48,51,54,58,81-83,88H,5-8,12,16-20,24,29-31,38-39,45-47,49-50,52-53,55-57,59-80H2,1-4H3,(H,93,94)(H,95,96)/b13-9-,14-10-,15-11-,25-21-,26-22-,27-23-,32-28-,36-33-,37-34-,42-40-,43-41-,44-35-,51-48-,58-54-. The second kappa shape index (κ2) is 77.6. The summed E-state index contributed by atoms with van der Waals surface area (Å²) >= 11 is 0. The van der Waals surface area contributed by atoms with E-state index in [4.69, 9.17) is 37.0 Å². The first-order valence-electron chi connectivity index (χ1n) is 40.4. The summed E-state index contributed by atoms with van der Waals surface area (Å²) in [5.41, 5.74) is 0. The third-order valence-electron chi connectivity index (χ3n) is 16.2. The van der Waals surface area contributed by atoms with Crippen LogP contribution in [-0.4, -0.2) is 96.7 Å². The molecule has 0 fully saturated rings. The van der Waals surface area contributed by atoms with Crippen LogP contribution in [0.5, 0.6) is 0 Å². The molecule has 0 spiro atoms. The van der Waals surface area contributed by atoms with Gasteiger partial charge in [0.25, 0.3) is 0 Å². The fraction of sp³-hybridized carbons (Fsp3) is 0.632. The van der Waals surface area contributed by atoms with Gasteiger partial charge in [0.2, 0.25) is 0 Å². The van der Waals surface area contributed by atoms with Gasteiger partial charge in [-0.15, -0.1) is 0 Å². The smallest absolute Gasteiger partial charge is 0.462 e. The molecule has 0 aliphatic rings. The lowest BCUT2D eigenvalue weighted by atomic mass is 10.1. The van der Waals surface area contributed by atoms with Gasteiger partial charge in [0.1, 0.15) is 19.3 Å². The molecule has 0 aliphatic carbocycles. The number of carbonyl (C=O) groups excluding carboxylic acids is 4. The SMILES string of the molecule is CC/C=C\C/C=C\C/C=C\C/C=C\C/C=C\CCCCCC(=O)OCC(COP(=O)(O)OCC(O)COP(=O)(O)OCC(COC(=O)CCCCCCCC/C=C\C/C=C\C/C=C\C/C=C\CC)OC(=O)CCCC/C=C\C/C=C\C/C=C\C/C=C\CC)OC(=O)CCCCCCC/C=C\CCCCCC. The Labute approximate surface area is 642 Å². The third kappa shape index (κ3) is 76.6. The molecule has 0 saturated heterocycles. The van der Waals surface area contributed by atoms with Crippen molar-refractivity contribution >= 4 is 39.5 Å². The van der Waals surface area contributed by atoms with Crippen LogP contribution in [0.25, 0.3) is 0 Å². The van der Waals surface area contributed by atoms with Gasteiger partial charge in [0.05, 0.1) is 26.4 Å². The van der Waals surface area contributed by atoms with Gasteiger partial charge in [-0.3, -0.25) is 37.3 Å². The first-order chi connectivity index (χ1) is 51.7. The van der Waals surface area contributed by atoms with Crippen molar-refractivity contribution in [2.45, 2.75) is 316 Å². The average molecular weight is 1520 g/mol. The molecule has 0 amide bonds. The molecule has 0 aliphatic heterocycles. The van der Waals surface area contributed by atoms with Crippen molar-refractivity contribution in [3.63, 3.8) is 0 Å². The number of aliphatic hydroxyl groups is 1. The normalized spacial score (nSPS) is 14.7. The Morgan fingerprint density at radius 1 is 0.274 bits per heavy atom. The lowest BCUT2D eigenvalue weighted by Gasteiger charge is -2.21. The van der Waals surface area contributed by atoms with Gasteiger partial charge >= 0.3 is 39.5 Å². The lowest BCUT2D eigenvalue weighted by molar-refractivity contribution is -0.161. The van der Waals surface area contributed by atoms with E-state index in [0.29, 0.717) is 32.1 Å². The van der Waals surface area contributed by atoms with Gasteiger partial charge in [-0.05, 0) is 173 Å². The number of aliphatic hydroxyl groups excluding tert-OH is 1. The molecule has 0 bridgehead atoms. The van der Waals surface area contributed by atoms with Crippen molar-refractivity contribution in [2.24, 2.45) is 0 Å². The quantitative estimate of drug-likeness (QED) is 0.0169. The Bertz CT molecular complexity index is 2680. The van der Waals surface area contributed by atoms with E-state index in [1.807, 2.05) is 0 Å². The van der Waals surface area contributed by atoms with E-state index in [1.165, 1.54) is 25.7 Å². The molecule has 0 aromatic heterocycles. The molecule has 602 valence electrons. The van der Waals surface area contributed by atoms with E-state index < -0.39 is 97.5 Å². The number of rotatable bonds is 74. The summed E-state index contributed by atoms with van der Waals surface area (Å²) in [7, 11) is -10.0. The van der Waals surface area contributed by atoms with E-state index >= 15 is 0 Å². The van der Waals surface area contributed by atoms with Crippen molar-refractivity contribution in [3.8, 4) is 0 Å². The highest BCUT2D eigenvalue weighted by atomic mass is 31.2. The predicted molar refractivity (Wildman–Crippen MR) is 436 cm³/mol. The maximum atomic E-state index is 13.1. The van der Waals surface area contributed by atoms with Gasteiger partial charge in [-0.1, -0.05) is 268 Å². The molecule has 0 saturated carbocycles. The largest absolute Gasteiger partial charge is 0.472 e. The number of carbonyl (C=O) groups is 4. The van der Waals surface area contributed by atoms with Crippen LogP contribution < -0.4 is 0 Å². The number of allylic oxidation sites excluding steroid dienone is 28. The van der Waals surface area contributed by atoms with Crippen LogP contribution in [0.3, 0.4) is 0 Å². The maximum Gasteiger partial charge on any atom is 0.472 e. The maximum absolute atomic E-state index is 13.1. The first-order valence-corrected chi connectivity index (χ1v) is 43.4. The molecule has 0 aromatic carbocycles. The number of esters is 4. The van der Waals surface area contributed by atoms with Crippen LogP contribution in [0.4, 0.5) is 0 Å². The fourth-order valence-corrected chi connectivity index (χ4v) is 11.7. The minimum absolute atomic E-state index is 0.0327. The summed E-state index contributed by atoms with van der Waals surface area (Å²) in [5.74, 6) is -2.29. The zero-order chi connectivity index (χ0) is 77.4. The van der Waals surface area contributed by atoms with E-state index in [2.05, 4.69) is 198 Å². The van der Waals surface area contributed by atoms with E-state index in [9.17, 15) is 43.2 Å². The summed E-state index contributed by atoms with van der Waals surface area (Å²) in [6, 6.07) is 0. The average Bonchev–Trinajstić information content (AvgIpc) is 0.901. The van der Waals surface area contributed by atoms with Gasteiger partial charge in [-0.2, -0.15) is 0 Å². The zero-order valence-electron chi connectivity index (χ0n) is 65.8. The third-order valence-corrected chi connectivity index (χ3v) is 18.1. The number of hydrogen-bond acceptors (Lipinski definition) is 15. The Kier molecular flexibility index (Phi) is 73.5. The number of ether oxygens (including phenoxy) is 4. The number of phosphoric ester groups is 2. The molecular formula is C87H142O17P2. The summed E-state index contributed by atoms with van der Waals surface area (Å²) in [6.07, 6.45) is 91.9. The Morgan fingerprint density at radius 2 is 0.491 bits per heavy atom. The minimum Gasteiger partial charge on any atom is -0.462 e. The minimum atomic E-state index is -5.00. The first kappa shape index (κ1) is 100. The second-order valence-electron chi connectivity index (χ2n) is 26.2. The second-order valence-corrected chi connectivity index (χ2v) is 29.1. The van der Waals surface area contributed by atoms with Crippen LogP contribution in [-0.2, 0) is 65.4 Å². The molecule has 17 nitrogen and oxygen atoms in total. The molecule has 5 atom stereocenters.